The Morgan fingerprint density at radius 1 is 0.788 bits per heavy atom. The van der Waals surface area contributed by atoms with Gasteiger partial charge in [-0.1, -0.05) is 12.1 Å². The van der Waals surface area contributed by atoms with E-state index in [9.17, 15) is 22.8 Å². The molecule has 0 atom stereocenters. The van der Waals surface area contributed by atoms with Gasteiger partial charge in [0, 0.05) is 43.3 Å². The number of hydrazine groups is 1. The summed E-state index contributed by atoms with van der Waals surface area (Å²) in [6.45, 7) is 0. The minimum absolute atomic E-state index is 0.0516. The molecule has 2 aromatic carbocycles. The van der Waals surface area contributed by atoms with Gasteiger partial charge in [0.05, 0.1) is 10.5 Å². The number of anilines is 1. The molecule has 3 aromatic rings. The Bertz CT molecular complexity index is 1290. The molecule has 170 valence electrons. The molecule has 0 aliphatic heterocycles. The Labute approximate surface area is 190 Å². The van der Waals surface area contributed by atoms with Gasteiger partial charge in [-0.05, 0) is 48.5 Å². The minimum atomic E-state index is -3.71. The summed E-state index contributed by atoms with van der Waals surface area (Å²) in [5, 5.41) is 2.67. The summed E-state index contributed by atoms with van der Waals surface area (Å²) in [5.74, 6) is -1.71. The molecular weight excluding hydrogens is 446 g/mol. The maximum atomic E-state index is 12.5. The largest absolute Gasteiger partial charge is 0.322 e. The summed E-state index contributed by atoms with van der Waals surface area (Å²) in [6.07, 6.45) is 2.97. The molecule has 0 saturated carbocycles. The zero-order valence-electron chi connectivity index (χ0n) is 17.8. The lowest BCUT2D eigenvalue weighted by molar-refractivity contribution is 0.0846. The lowest BCUT2D eigenvalue weighted by atomic mass is 10.2. The SMILES string of the molecule is CN(C)S(=O)(=O)c1cccc(C(=O)NNC(=O)c2cccc(NC(=O)c3cccnc3)c2)c1. The molecule has 10 nitrogen and oxygen atoms in total. The zero-order valence-corrected chi connectivity index (χ0v) is 18.6. The minimum Gasteiger partial charge on any atom is -0.322 e. The topological polar surface area (TPSA) is 138 Å². The van der Waals surface area contributed by atoms with Crippen molar-refractivity contribution in [2.45, 2.75) is 4.90 Å². The predicted molar refractivity (Wildman–Crippen MR) is 121 cm³/mol. The average molecular weight is 468 g/mol. The van der Waals surface area contributed by atoms with Crippen molar-refractivity contribution in [2.24, 2.45) is 0 Å². The average Bonchev–Trinajstić information content (AvgIpc) is 2.83. The molecule has 11 heteroatoms. The van der Waals surface area contributed by atoms with Crippen LogP contribution in [0.2, 0.25) is 0 Å². The van der Waals surface area contributed by atoms with Crippen LogP contribution in [0.3, 0.4) is 0 Å². The van der Waals surface area contributed by atoms with E-state index in [1.165, 1.54) is 56.7 Å². The zero-order chi connectivity index (χ0) is 24.0. The van der Waals surface area contributed by atoms with E-state index in [0.29, 0.717) is 11.3 Å². The molecule has 3 amide bonds. The first-order valence-corrected chi connectivity index (χ1v) is 11.1. The van der Waals surface area contributed by atoms with Crippen LogP contribution in [-0.4, -0.2) is 49.5 Å². The van der Waals surface area contributed by atoms with E-state index in [-0.39, 0.29) is 21.9 Å². The third kappa shape index (κ3) is 5.79. The molecule has 0 saturated heterocycles. The van der Waals surface area contributed by atoms with Crippen LogP contribution in [0.4, 0.5) is 5.69 Å². The number of benzene rings is 2. The van der Waals surface area contributed by atoms with Crippen molar-refractivity contribution in [3.63, 3.8) is 0 Å². The van der Waals surface area contributed by atoms with Gasteiger partial charge in [0.2, 0.25) is 10.0 Å². The fraction of sp³-hybridized carbons (Fsp3) is 0.0909. The quantitative estimate of drug-likeness (QED) is 0.472. The van der Waals surface area contributed by atoms with Crippen molar-refractivity contribution in [1.29, 1.82) is 0 Å². The fourth-order valence-corrected chi connectivity index (χ4v) is 3.65. The van der Waals surface area contributed by atoms with E-state index in [0.717, 1.165) is 4.31 Å². The molecule has 0 unspecified atom stereocenters. The first-order chi connectivity index (χ1) is 15.7. The van der Waals surface area contributed by atoms with Crippen molar-refractivity contribution in [3.05, 3.63) is 89.7 Å². The summed E-state index contributed by atoms with van der Waals surface area (Å²) >= 11 is 0. The van der Waals surface area contributed by atoms with Gasteiger partial charge in [0.25, 0.3) is 17.7 Å². The first kappa shape index (κ1) is 23.6. The van der Waals surface area contributed by atoms with Gasteiger partial charge in [-0.2, -0.15) is 0 Å². The van der Waals surface area contributed by atoms with Gasteiger partial charge >= 0.3 is 0 Å². The van der Waals surface area contributed by atoms with Gasteiger partial charge < -0.3 is 5.32 Å². The van der Waals surface area contributed by atoms with Gasteiger partial charge in [-0.15, -0.1) is 0 Å². The van der Waals surface area contributed by atoms with Crippen molar-refractivity contribution < 1.29 is 22.8 Å². The monoisotopic (exact) mass is 467 g/mol. The number of carbonyl (C=O) groups is 3. The predicted octanol–water partition coefficient (Wildman–Crippen LogP) is 1.66. The number of nitrogens with zero attached hydrogens (tertiary/aromatic N) is 2. The molecular formula is C22H21N5O5S. The summed E-state index contributed by atoms with van der Waals surface area (Å²) < 4.78 is 25.5. The molecule has 0 spiro atoms. The lowest BCUT2D eigenvalue weighted by Gasteiger charge is -2.13. The Morgan fingerprint density at radius 3 is 2.00 bits per heavy atom. The second-order valence-corrected chi connectivity index (χ2v) is 9.15. The summed E-state index contributed by atoms with van der Waals surface area (Å²) in [5.41, 5.74) is 5.49. The number of rotatable bonds is 6. The summed E-state index contributed by atoms with van der Waals surface area (Å²) in [7, 11) is -0.945. The van der Waals surface area contributed by atoms with Crippen LogP contribution in [0.25, 0.3) is 0 Å². The maximum absolute atomic E-state index is 12.5. The molecule has 0 radical (unpaired) electrons. The van der Waals surface area contributed by atoms with E-state index in [2.05, 4.69) is 21.2 Å². The van der Waals surface area contributed by atoms with E-state index in [1.807, 2.05) is 0 Å². The van der Waals surface area contributed by atoms with E-state index < -0.39 is 21.8 Å². The van der Waals surface area contributed by atoms with Crippen LogP contribution >= 0.6 is 0 Å². The van der Waals surface area contributed by atoms with Gasteiger partial charge in [0.15, 0.2) is 0 Å². The fourth-order valence-electron chi connectivity index (χ4n) is 2.71. The number of hydrogen-bond acceptors (Lipinski definition) is 6. The maximum Gasteiger partial charge on any atom is 0.269 e. The summed E-state index contributed by atoms with van der Waals surface area (Å²) in [6, 6.07) is 14.8. The highest BCUT2D eigenvalue weighted by molar-refractivity contribution is 7.89. The second kappa shape index (κ2) is 10.0. The Kier molecular flexibility index (Phi) is 7.16. The highest BCUT2D eigenvalue weighted by atomic mass is 32.2. The van der Waals surface area contributed by atoms with Crippen LogP contribution in [0, 0.1) is 0 Å². The number of amides is 3. The van der Waals surface area contributed by atoms with Crippen LogP contribution in [0.15, 0.2) is 78.0 Å². The molecule has 33 heavy (non-hydrogen) atoms. The smallest absolute Gasteiger partial charge is 0.269 e. The van der Waals surface area contributed by atoms with Crippen molar-refractivity contribution >= 4 is 33.4 Å². The molecule has 0 fully saturated rings. The highest BCUT2D eigenvalue weighted by Gasteiger charge is 2.19. The van der Waals surface area contributed by atoms with Crippen LogP contribution < -0.4 is 16.2 Å². The molecule has 3 N–H and O–H groups in total. The molecule has 1 heterocycles. The second-order valence-electron chi connectivity index (χ2n) is 7.00. The van der Waals surface area contributed by atoms with E-state index >= 15 is 0 Å². The van der Waals surface area contributed by atoms with Gasteiger partial charge in [-0.3, -0.25) is 30.2 Å². The molecule has 0 aliphatic rings. The Balaban J connectivity index is 1.65. The number of sulfonamides is 1. The molecule has 1 aromatic heterocycles. The number of nitrogens with one attached hydrogen (secondary N) is 3. The Hall–Kier alpha value is -4.09. The number of aromatic nitrogens is 1. The number of carbonyl (C=O) groups excluding carboxylic acids is 3. The highest BCUT2D eigenvalue weighted by Crippen LogP contribution is 2.15. The number of hydrogen-bond donors (Lipinski definition) is 3. The van der Waals surface area contributed by atoms with Gasteiger partial charge in [0.1, 0.15) is 0 Å². The summed E-state index contributed by atoms with van der Waals surface area (Å²) in [4.78, 5) is 40.9. The first-order valence-electron chi connectivity index (χ1n) is 9.63. The van der Waals surface area contributed by atoms with Crippen LogP contribution in [0.5, 0.6) is 0 Å². The lowest BCUT2D eigenvalue weighted by Crippen LogP contribution is -2.41. The normalized spacial score (nSPS) is 11.0. The Morgan fingerprint density at radius 2 is 1.39 bits per heavy atom. The van der Waals surface area contributed by atoms with Gasteiger partial charge in [-0.25, -0.2) is 12.7 Å². The van der Waals surface area contributed by atoms with Crippen LogP contribution in [0.1, 0.15) is 31.1 Å². The van der Waals surface area contributed by atoms with E-state index in [1.54, 1.807) is 30.5 Å². The number of pyridine rings is 1. The van der Waals surface area contributed by atoms with E-state index in [4.69, 9.17) is 0 Å². The molecule has 0 aliphatic carbocycles. The third-order valence-corrected chi connectivity index (χ3v) is 6.28. The van der Waals surface area contributed by atoms with Crippen molar-refractivity contribution in [2.75, 3.05) is 19.4 Å². The standard InChI is InChI=1S/C22H21N5O5S/c1-27(2)33(31,32)19-10-4-7-16(13-19)22(30)26-25-21(29)15-6-3-9-18(12-15)24-20(28)17-8-5-11-23-14-17/h3-14H,1-2H3,(H,24,28)(H,25,29)(H,26,30). The van der Waals surface area contributed by atoms with Crippen molar-refractivity contribution in [3.8, 4) is 0 Å². The van der Waals surface area contributed by atoms with Crippen molar-refractivity contribution in [1.82, 2.24) is 20.1 Å². The van der Waals surface area contributed by atoms with Crippen LogP contribution in [-0.2, 0) is 10.0 Å². The molecule has 3 rings (SSSR count). The third-order valence-electron chi connectivity index (χ3n) is 4.47. The molecule has 0 bridgehead atoms.